The van der Waals surface area contributed by atoms with Gasteiger partial charge in [-0.3, -0.25) is 9.59 Å². The van der Waals surface area contributed by atoms with E-state index in [1.807, 2.05) is 55.5 Å². The molecule has 1 fully saturated rings. The number of nitrogens with one attached hydrogen (secondary N) is 2. The Kier molecular flexibility index (Phi) is 7.95. The SMILES string of the molecule is CCc1ccc(C(=O)N[C@@H]2CCCC[C@@H]2NC(=O)c2csc(COc3ccc(C)cc3)n2)cc1. The Bertz CT molecular complexity index is 1110. The molecule has 1 aliphatic carbocycles. The van der Waals surface area contributed by atoms with Crippen LogP contribution in [0.2, 0.25) is 0 Å². The molecule has 0 spiro atoms. The van der Waals surface area contributed by atoms with Gasteiger partial charge in [0.2, 0.25) is 0 Å². The van der Waals surface area contributed by atoms with Crippen molar-refractivity contribution in [3.63, 3.8) is 0 Å². The number of benzene rings is 2. The molecular formula is C27H31N3O3S. The van der Waals surface area contributed by atoms with Gasteiger partial charge >= 0.3 is 0 Å². The van der Waals surface area contributed by atoms with E-state index in [4.69, 9.17) is 4.74 Å². The zero-order valence-electron chi connectivity index (χ0n) is 19.7. The smallest absolute Gasteiger partial charge is 0.271 e. The summed E-state index contributed by atoms with van der Waals surface area (Å²) < 4.78 is 5.78. The second-order valence-corrected chi connectivity index (χ2v) is 9.67. The maximum Gasteiger partial charge on any atom is 0.271 e. The molecular weight excluding hydrogens is 446 g/mol. The highest BCUT2D eigenvalue weighted by molar-refractivity contribution is 7.09. The van der Waals surface area contributed by atoms with E-state index in [9.17, 15) is 9.59 Å². The molecule has 0 unspecified atom stereocenters. The van der Waals surface area contributed by atoms with Crippen LogP contribution in [0.3, 0.4) is 0 Å². The lowest BCUT2D eigenvalue weighted by atomic mass is 9.90. The zero-order valence-corrected chi connectivity index (χ0v) is 20.5. The molecule has 4 rings (SSSR count). The van der Waals surface area contributed by atoms with Crippen LogP contribution in [0, 0.1) is 6.92 Å². The second kappa shape index (κ2) is 11.3. The van der Waals surface area contributed by atoms with Gasteiger partial charge in [0, 0.05) is 23.0 Å². The standard InChI is InChI=1S/C27H31N3O3S/c1-3-19-10-12-20(13-11-19)26(31)29-22-6-4-5-7-23(22)30-27(32)24-17-34-25(28-24)16-33-21-14-8-18(2)9-15-21/h8-15,17,22-23H,3-7,16H2,1-2H3,(H,29,31)(H,30,32)/t22-,23+/m1/s1. The van der Waals surface area contributed by atoms with Crippen molar-refractivity contribution in [3.05, 3.63) is 81.3 Å². The number of carbonyl (C=O) groups excluding carboxylic acids is 2. The lowest BCUT2D eigenvalue weighted by Crippen LogP contribution is -2.53. The number of ether oxygens (including phenoxy) is 1. The second-order valence-electron chi connectivity index (χ2n) is 8.72. The number of hydrogen-bond acceptors (Lipinski definition) is 5. The fourth-order valence-corrected chi connectivity index (χ4v) is 4.81. The number of aryl methyl sites for hydroxylation is 2. The van der Waals surface area contributed by atoms with Crippen LogP contribution in [-0.2, 0) is 13.0 Å². The first-order chi connectivity index (χ1) is 16.5. The fourth-order valence-electron chi connectivity index (χ4n) is 4.12. The normalized spacial score (nSPS) is 17.7. The minimum absolute atomic E-state index is 0.0981. The number of rotatable bonds is 8. The molecule has 1 heterocycles. The van der Waals surface area contributed by atoms with Gasteiger partial charge in [-0.15, -0.1) is 11.3 Å². The molecule has 0 saturated heterocycles. The van der Waals surface area contributed by atoms with Crippen LogP contribution in [0.25, 0.3) is 0 Å². The Morgan fingerprint density at radius 2 is 1.62 bits per heavy atom. The van der Waals surface area contributed by atoms with Crippen molar-refractivity contribution in [2.45, 2.75) is 64.6 Å². The predicted molar refractivity (Wildman–Crippen MR) is 134 cm³/mol. The van der Waals surface area contributed by atoms with Crippen molar-refractivity contribution in [1.82, 2.24) is 15.6 Å². The highest BCUT2D eigenvalue weighted by Crippen LogP contribution is 2.21. The van der Waals surface area contributed by atoms with E-state index in [1.165, 1.54) is 22.5 Å². The van der Waals surface area contributed by atoms with Gasteiger partial charge in [0.25, 0.3) is 11.8 Å². The van der Waals surface area contributed by atoms with Crippen LogP contribution in [0.5, 0.6) is 5.75 Å². The number of nitrogens with zero attached hydrogens (tertiary/aromatic N) is 1. The van der Waals surface area contributed by atoms with E-state index in [2.05, 4.69) is 22.5 Å². The molecule has 7 heteroatoms. The van der Waals surface area contributed by atoms with E-state index in [1.54, 1.807) is 5.38 Å². The molecule has 178 valence electrons. The summed E-state index contributed by atoms with van der Waals surface area (Å²) in [5, 5.41) is 8.74. The lowest BCUT2D eigenvalue weighted by Gasteiger charge is -2.32. The van der Waals surface area contributed by atoms with Gasteiger partial charge in [-0.1, -0.05) is 49.6 Å². The van der Waals surface area contributed by atoms with Crippen molar-refractivity contribution in [2.24, 2.45) is 0 Å². The molecule has 34 heavy (non-hydrogen) atoms. The highest BCUT2D eigenvalue weighted by atomic mass is 32.1. The summed E-state index contributed by atoms with van der Waals surface area (Å²) in [6.45, 7) is 4.44. The van der Waals surface area contributed by atoms with E-state index < -0.39 is 0 Å². The Hall–Kier alpha value is -3.19. The third-order valence-corrected chi connectivity index (χ3v) is 7.01. The Labute approximate surface area is 204 Å². The predicted octanol–water partition coefficient (Wildman–Crippen LogP) is 5.06. The highest BCUT2D eigenvalue weighted by Gasteiger charge is 2.29. The summed E-state index contributed by atoms with van der Waals surface area (Å²) in [5.41, 5.74) is 3.40. The minimum Gasteiger partial charge on any atom is -0.486 e. The van der Waals surface area contributed by atoms with Gasteiger partial charge in [0.05, 0.1) is 0 Å². The number of hydrogen-bond donors (Lipinski definition) is 2. The van der Waals surface area contributed by atoms with Gasteiger partial charge < -0.3 is 15.4 Å². The van der Waals surface area contributed by atoms with Crippen molar-refractivity contribution in [2.75, 3.05) is 0 Å². The van der Waals surface area contributed by atoms with E-state index >= 15 is 0 Å². The van der Waals surface area contributed by atoms with Crippen LogP contribution in [0.15, 0.2) is 53.9 Å². The molecule has 3 aromatic rings. The molecule has 1 aromatic heterocycles. The maximum atomic E-state index is 12.9. The maximum absolute atomic E-state index is 12.9. The van der Waals surface area contributed by atoms with Crippen molar-refractivity contribution in [1.29, 1.82) is 0 Å². The van der Waals surface area contributed by atoms with E-state index in [0.717, 1.165) is 42.9 Å². The number of aromatic nitrogens is 1. The van der Waals surface area contributed by atoms with Gasteiger partial charge in [-0.25, -0.2) is 4.98 Å². The molecule has 6 nitrogen and oxygen atoms in total. The molecule has 0 aliphatic heterocycles. The molecule has 2 N–H and O–H groups in total. The summed E-state index contributed by atoms with van der Waals surface area (Å²) in [6, 6.07) is 15.3. The van der Waals surface area contributed by atoms with Gasteiger partial charge in [0.15, 0.2) is 0 Å². The first kappa shape index (κ1) is 24.0. The zero-order chi connectivity index (χ0) is 23.9. The van der Waals surface area contributed by atoms with Gasteiger partial charge in [0.1, 0.15) is 23.1 Å². The van der Waals surface area contributed by atoms with Crippen molar-refractivity contribution in [3.8, 4) is 5.75 Å². The topological polar surface area (TPSA) is 80.3 Å². The average Bonchev–Trinajstić information content (AvgIpc) is 3.34. The molecule has 0 bridgehead atoms. The molecule has 2 atom stereocenters. The Morgan fingerprint density at radius 3 is 2.26 bits per heavy atom. The minimum atomic E-state index is -0.212. The summed E-state index contributed by atoms with van der Waals surface area (Å²) >= 11 is 1.41. The quantitative estimate of drug-likeness (QED) is 0.475. The molecule has 2 amide bonds. The van der Waals surface area contributed by atoms with Gasteiger partial charge in [-0.2, -0.15) is 0 Å². The summed E-state index contributed by atoms with van der Waals surface area (Å²) in [7, 11) is 0. The third kappa shape index (κ3) is 6.23. The largest absolute Gasteiger partial charge is 0.486 e. The monoisotopic (exact) mass is 477 g/mol. The number of thiazole rings is 1. The van der Waals surface area contributed by atoms with Crippen molar-refractivity contribution < 1.29 is 14.3 Å². The lowest BCUT2D eigenvalue weighted by molar-refractivity contribution is 0.0860. The molecule has 2 aromatic carbocycles. The van der Waals surface area contributed by atoms with Crippen LogP contribution in [-0.4, -0.2) is 28.9 Å². The Balaban J connectivity index is 1.33. The fraction of sp³-hybridized carbons (Fsp3) is 0.370. The average molecular weight is 478 g/mol. The van der Waals surface area contributed by atoms with Crippen LogP contribution in [0.4, 0.5) is 0 Å². The molecule has 0 radical (unpaired) electrons. The number of carbonyl (C=O) groups is 2. The molecule has 1 saturated carbocycles. The van der Waals surface area contributed by atoms with Crippen molar-refractivity contribution >= 4 is 23.2 Å². The van der Waals surface area contributed by atoms with Crippen LogP contribution < -0.4 is 15.4 Å². The first-order valence-electron chi connectivity index (χ1n) is 11.9. The summed E-state index contributed by atoms with van der Waals surface area (Å²) in [6.07, 6.45) is 4.67. The number of amides is 2. The molecule has 1 aliphatic rings. The summed E-state index contributed by atoms with van der Waals surface area (Å²) in [5.74, 6) is 0.464. The first-order valence-corrected chi connectivity index (χ1v) is 12.7. The van der Waals surface area contributed by atoms with Gasteiger partial charge in [-0.05, 0) is 56.0 Å². The van der Waals surface area contributed by atoms with E-state index in [-0.39, 0.29) is 23.9 Å². The Morgan fingerprint density at radius 1 is 0.971 bits per heavy atom. The van der Waals surface area contributed by atoms with Crippen LogP contribution in [0.1, 0.15) is 69.6 Å². The summed E-state index contributed by atoms with van der Waals surface area (Å²) in [4.78, 5) is 30.1. The third-order valence-electron chi connectivity index (χ3n) is 6.19. The van der Waals surface area contributed by atoms with Crippen LogP contribution >= 0.6 is 11.3 Å². The van der Waals surface area contributed by atoms with E-state index in [0.29, 0.717) is 17.9 Å².